The van der Waals surface area contributed by atoms with Gasteiger partial charge in [-0.1, -0.05) is 0 Å². The SMILES string of the molecule is C[C@@H](OC(=O)c1ccc(NC(=O)CC#N)cc1)C(=O)N1[C@@H](C)CCC[C@@H]1C. The summed E-state index contributed by atoms with van der Waals surface area (Å²) < 4.78 is 5.35. The highest BCUT2D eigenvalue weighted by Gasteiger charge is 2.33. The van der Waals surface area contributed by atoms with Crippen molar-refractivity contribution in [2.45, 2.75) is 64.6 Å². The van der Waals surface area contributed by atoms with Crippen LogP contribution in [0, 0.1) is 11.3 Å². The molecule has 1 fully saturated rings. The van der Waals surface area contributed by atoms with Crippen LogP contribution in [0.5, 0.6) is 0 Å². The molecule has 0 bridgehead atoms. The zero-order valence-electron chi connectivity index (χ0n) is 15.9. The molecule has 1 aromatic rings. The minimum Gasteiger partial charge on any atom is -0.449 e. The number of nitrogens with one attached hydrogen (secondary N) is 1. The van der Waals surface area contributed by atoms with Crippen molar-refractivity contribution >= 4 is 23.5 Å². The van der Waals surface area contributed by atoms with E-state index in [9.17, 15) is 14.4 Å². The second kappa shape index (κ2) is 9.17. The van der Waals surface area contributed by atoms with E-state index in [1.165, 1.54) is 12.1 Å². The van der Waals surface area contributed by atoms with E-state index in [0.29, 0.717) is 5.69 Å². The molecule has 0 spiro atoms. The molecule has 7 heteroatoms. The lowest BCUT2D eigenvalue weighted by Gasteiger charge is -2.40. The number of hydrogen-bond acceptors (Lipinski definition) is 5. The van der Waals surface area contributed by atoms with Crippen molar-refractivity contribution in [3.63, 3.8) is 0 Å². The molecule has 0 radical (unpaired) electrons. The van der Waals surface area contributed by atoms with Gasteiger partial charge in [-0.3, -0.25) is 9.59 Å². The summed E-state index contributed by atoms with van der Waals surface area (Å²) in [7, 11) is 0. The van der Waals surface area contributed by atoms with Crippen LogP contribution in [0.15, 0.2) is 24.3 Å². The number of benzene rings is 1. The fourth-order valence-electron chi connectivity index (χ4n) is 3.31. The number of hydrogen-bond donors (Lipinski definition) is 1. The molecule has 0 saturated carbocycles. The molecule has 1 saturated heterocycles. The highest BCUT2D eigenvalue weighted by atomic mass is 16.5. The number of amides is 2. The Morgan fingerprint density at radius 1 is 1.22 bits per heavy atom. The maximum atomic E-state index is 12.7. The normalized spacial score (nSPS) is 20.3. The van der Waals surface area contributed by atoms with Crippen LogP contribution < -0.4 is 5.32 Å². The van der Waals surface area contributed by atoms with Crippen LogP contribution in [0.3, 0.4) is 0 Å². The van der Waals surface area contributed by atoms with Crippen LogP contribution in [-0.4, -0.2) is 40.9 Å². The van der Waals surface area contributed by atoms with Crippen molar-refractivity contribution in [2.24, 2.45) is 0 Å². The number of carbonyl (C=O) groups excluding carboxylic acids is 3. The van der Waals surface area contributed by atoms with Crippen LogP contribution >= 0.6 is 0 Å². The van der Waals surface area contributed by atoms with Gasteiger partial charge in [-0.25, -0.2) is 4.79 Å². The first-order valence-electron chi connectivity index (χ1n) is 9.13. The van der Waals surface area contributed by atoms with E-state index in [4.69, 9.17) is 10.00 Å². The Hall–Kier alpha value is -2.88. The third-order valence-electron chi connectivity index (χ3n) is 4.72. The van der Waals surface area contributed by atoms with E-state index >= 15 is 0 Å². The minimum absolute atomic E-state index is 0.138. The minimum atomic E-state index is -0.865. The first-order valence-corrected chi connectivity index (χ1v) is 9.13. The van der Waals surface area contributed by atoms with Crippen LogP contribution in [-0.2, 0) is 14.3 Å². The number of rotatable bonds is 5. The first kappa shape index (κ1) is 20.4. The van der Waals surface area contributed by atoms with Crippen LogP contribution in [0.25, 0.3) is 0 Å². The summed E-state index contributed by atoms with van der Waals surface area (Å²) in [6, 6.07) is 8.15. The predicted molar refractivity (Wildman–Crippen MR) is 99.8 cm³/mol. The highest BCUT2D eigenvalue weighted by molar-refractivity contribution is 5.94. The molecule has 1 aliphatic rings. The van der Waals surface area contributed by atoms with E-state index in [1.54, 1.807) is 25.1 Å². The monoisotopic (exact) mass is 371 g/mol. The lowest BCUT2D eigenvalue weighted by molar-refractivity contribution is -0.146. The molecule has 2 amide bonds. The molecule has 0 unspecified atom stereocenters. The molecule has 0 aliphatic carbocycles. The van der Waals surface area contributed by atoms with Gasteiger partial charge in [0.25, 0.3) is 5.91 Å². The summed E-state index contributed by atoms with van der Waals surface area (Å²) in [6.07, 6.45) is 1.90. The van der Waals surface area contributed by atoms with Crippen molar-refractivity contribution in [1.29, 1.82) is 5.26 Å². The molecule has 3 atom stereocenters. The second-order valence-electron chi connectivity index (χ2n) is 6.88. The largest absolute Gasteiger partial charge is 0.449 e. The number of nitriles is 1. The number of likely N-dealkylation sites (tertiary alicyclic amines) is 1. The average Bonchev–Trinajstić information content (AvgIpc) is 2.62. The molecule has 1 heterocycles. The van der Waals surface area contributed by atoms with Gasteiger partial charge in [0, 0.05) is 17.8 Å². The summed E-state index contributed by atoms with van der Waals surface area (Å²) in [5.41, 5.74) is 0.763. The zero-order valence-corrected chi connectivity index (χ0v) is 15.9. The Bertz CT molecular complexity index is 729. The van der Waals surface area contributed by atoms with Gasteiger partial charge in [0.1, 0.15) is 6.42 Å². The van der Waals surface area contributed by atoms with Gasteiger partial charge in [-0.05, 0) is 64.3 Å². The number of carbonyl (C=O) groups is 3. The Kier molecular flexibility index (Phi) is 6.94. The third kappa shape index (κ3) is 5.30. The van der Waals surface area contributed by atoms with Gasteiger partial charge >= 0.3 is 5.97 Å². The maximum absolute atomic E-state index is 12.7. The van der Waals surface area contributed by atoms with Crippen molar-refractivity contribution < 1.29 is 19.1 Å². The summed E-state index contributed by atoms with van der Waals surface area (Å²) in [5.74, 6) is -1.19. The predicted octanol–water partition coefficient (Wildman–Crippen LogP) is 2.87. The fourth-order valence-corrected chi connectivity index (χ4v) is 3.31. The quantitative estimate of drug-likeness (QED) is 0.802. The second-order valence-corrected chi connectivity index (χ2v) is 6.88. The Morgan fingerprint density at radius 3 is 2.37 bits per heavy atom. The van der Waals surface area contributed by atoms with Crippen LogP contribution in [0.1, 0.15) is 56.8 Å². The van der Waals surface area contributed by atoms with Crippen molar-refractivity contribution in [3.8, 4) is 6.07 Å². The molecule has 1 aromatic carbocycles. The van der Waals surface area contributed by atoms with E-state index in [1.807, 2.05) is 18.7 Å². The maximum Gasteiger partial charge on any atom is 0.338 e. The molecule has 1 aliphatic heterocycles. The number of piperidine rings is 1. The zero-order chi connectivity index (χ0) is 20.0. The Morgan fingerprint density at radius 2 is 1.81 bits per heavy atom. The van der Waals surface area contributed by atoms with E-state index in [-0.39, 0.29) is 30.0 Å². The number of anilines is 1. The summed E-state index contributed by atoms with van der Waals surface area (Å²) in [6.45, 7) is 5.62. The third-order valence-corrected chi connectivity index (χ3v) is 4.72. The van der Waals surface area contributed by atoms with Crippen molar-refractivity contribution in [2.75, 3.05) is 5.32 Å². The van der Waals surface area contributed by atoms with Crippen molar-refractivity contribution in [3.05, 3.63) is 29.8 Å². The Labute approximate surface area is 159 Å². The van der Waals surface area contributed by atoms with Crippen LogP contribution in [0.4, 0.5) is 5.69 Å². The smallest absolute Gasteiger partial charge is 0.338 e. The molecular formula is C20H25N3O4. The van der Waals surface area contributed by atoms with E-state index in [2.05, 4.69) is 5.32 Å². The van der Waals surface area contributed by atoms with E-state index < -0.39 is 18.0 Å². The van der Waals surface area contributed by atoms with E-state index in [0.717, 1.165) is 19.3 Å². The molecule has 27 heavy (non-hydrogen) atoms. The summed E-state index contributed by atoms with van der Waals surface area (Å²) in [5, 5.41) is 11.0. The number of nitrogens with zero attached hydrogens (tertiary/aromatic N) is 2. The first-order chi connectivity index (χ1) is 12.8. The van der Waals surface area contributed by atoms with Gasteiger partial charge in [-0.2, -0.15) is 5.26 Å². The molecular weight excluding hydrogens is 346 g/mol. The molecule has 2 rings (SSSR count). The molecule has 7 nitrogen and oxygen atoms in total. The van der Waals surface area contributed by atoms with Gasteiger partial charge in [0.05, 0.1) is 11.6 Å². The summed E-state index contributed by atoms with van der Waals surface area (Å²) in [4.78, 5) is 38.2. The Balaban J connectivity index is 1.96. The van der Waals surface area contributed by atoms with Gasteiger partial charge in [-0.15, -0.1) is 0 Å². The molecule has 1 N–H and O–H groups in total. The molecule has 144 valence electrons. The topological polar surface area (TPSA) is 99.5 Å². The van der Waals surface area contributed by atoms with Crippen LogP contribution in [0.2, 0.25) is 0 Å². The lowest BCUT2D eigenvalue weighted by Crippen LogP contribution is -2.51. The highest BCUT2D eigenvalue weighted by Crippen LogP contribution is 2.24. The van der Waals surface area contributed by atoms with Gasteiger partial charge in [0.2, 0.25) is 5.91 Å². The van der Waals surface area contributed by atoms with Gasteiger partial charge < -0.3 is 15.0 Å². The standard InChI is InChI=1S/C20H25N3O4/c1-13-5-4-6-14(2)23(13)19(25)15(3)27-20(26)16-7-9-17(10-8-16)22-18(24)11-12-21/h7-10,13-15H,4-6,11H2,1-3H3,(H,22,24)/t13-,14-,15+/m0/s1. The van der Waals surface area contributed by atoms with Gasteiger partial charge in [0.15, 0.2) is 6.10 Å². The average molecular weight is 371 g/mol. The molecule has 0 aromatic heterocycles. The van der Waals surface area contributed by atoms with Crippen molar-refractivity contribution in [1.82, 2.24) is 4.90 Å². The number of esters is 1. The number of ether oxygens (including phenoxy) is 1. The summed E-state index contributed by atoms with van der Waals surface area (Å²) >= 11 is 0. The fraction of sp³-hybridized carbons (Fsp3) is 0.500. The lowest BCUT2D eigenvalue weighted by atomic mass is 9.97.